The van der Waals surface area contributed by atoms with E-state index in [1.807, 2.05) is 6.92 Å². The third-order valence-electron chi connectivity index (χ3n) is 2.87. The Morgan fingerprint density at radius 3 is 2.81 bits per heavy atom. The molecule has 21 heavy (non-hydrogen) atoms. The van der Waals surface area contributed by atoms with E-state index >= 15 is 0 Å². The second-order valence-electron chi connectivity index (χ2n) is 4.46. The molecular weight excluding hydrogens is 272 g/mol. The van der Waals surface area contributed by atoms with Crippen LogP contribution in [0, 0.1) is 0 Å². The summed E-state index contributed by atoms with van der Waals surface area (Å²) >= 11 is 0. The molecule has 3 N–H and O–H groups in total. The van der Waals surface area contributed by atoms with Gasteiger partial charge >= 0.3 is 5.97 Å². The molecule has 1 aromatic heterocycles. The van der Waals surface area contributed by atoms with Gasteiger partial charge in [0, 0.05) is 11.9 Å². The Morgan fingerprint density at radius 1 is 1.29 bits per heavy atom. The van der Waals surface area contributed by atoms with Crippen LogP contribution in [0.4, 0.5) is 5.82 Å². The van der Waals surface area contributed by atoms with Crippen molar-refractivity contribution in [3.63, 3.8) is 0 Å². The van der Waals surface area contributed by atoms with Gasteiger partial charge in [0.1, 0.15) is 12.1 Å². The van der Waals surface area contributed by atoms with Crippen molar-refractivity contribution in [2.45, 2.75) is 13.3 Å². The normalized spacial score (nSPS) is 10.3. The average Bonchev–Trinajstić information content (AvgIpc) is 2.50. The molecule has 110 valence electrons. The number of aromatic carboxylic acids is 1. The number of hydrogen-bond acceptors (Lipinski definition) is 5. The summed E-state index contributed by atoms with van der Waals surface area (Å²) in [5.74, 6) is -0.627. The SMILES string of the molecule is CCCNC(=O)CNc1ncnc2cc(C(=O)O)ccc12. The fraction of sp³-hybridized carbons (Fsp3) is 0.286. The van der Waals surface area contributed by atoms with Gasteiger partial charge in [-0.2, -0.15) is 0 Å². The van der Waals surface area contributed by atoms with E-state index in [1.54, 1.807) is 6.07 Å². The maximum Gasteiger partial charge on any atom is 0.335 e. The van der Waals surface area contributed by atoms with Crippen molar-refractivity contribution in [2.24, 2.45) is 0 Å². The maximum absolute atomic E-state index is 11.6. The lowest BCUT2D eigenvalue weighted by Crippen LogP contribution is -2.30. The van der Waals surface area contributed by atoms with E-state index < -0.39 is 5.97 Å². The summed E-state index contributed by atoms with van der Waals surface area (Å²) in [6.45, 7) is 2.71. The van der Waals surface area contributed by atoms with E-state index in [0.717, 1.165) is 6.42 Å². The lowest BCUT2D eigenvalue weighted by Gasteiger charge is -2.08. The molecule has 0 saturated heterocycles. The molecular formula is C14H16N4O3. The highest BCUT2D eigenvalue weighted by Gasteiger charge is 2.09. The predicted molar refractivity (Wildman–Crippen MR) is 78.3 cm³/mol. The minimum atomic E-state index is -1.01. The van der Waals surface area contributed by atoms with Crippen LogP contribution in [0.5, 0.6) is 0 Å². The zero-order valence-electron chi connectivity index (χ0n) is 11.6. The molecule has 0 aliphatic rings. The van der Waals surface area contributed by atoms with E-state index in [4.69, 9.17) is 5.11 Å². The number of anilines is 1. The molecule has 7 heteroatoms. The molecule has 0 fully saturated rings. The van der Waals surface area contributed by atoms with Crippen LogP contribution in [0.25, 0.3) is 10.9 Å². The lowest BCUT2D eigenvalue weighted by molar-refractivity contribution is -0.119. The molecule has 0 bridgehead atoms. The highest BCUT2D eigenvalue weighted by Crippen LogP contribution is 2.20. The largest absolute Gasteiger partial charge is 0.478 e. The number of carbonyl (C=O) groups is 2. The van der Waals surface area contributed by atoms with Crippen molar-refractivity contribution < 1.29 is 14.7 Å². The minimum absolute atomic E-state index is 0.104. The molecule has 0 spiro atoms. The van der Waals surface area contributed by atoms with Crippen LogP contribution in [0.1, 0.15) is 23.7 Å². The fourth-order valence-corrected chi connectivity index (χ4v) is 1.82. The first-order chi connectivity index (χ1) is 10.1. The first-order valence-electron chi connectivity index (χ1n) is 6.60. The number of carboxylic acid groups (broad SMARTS) is 1. The molecule has 2 aromatic rings. The smallest absolute Gasteiger partial charge is 0.335 e. The Morgan fingerprint density at radius 2 is 2.10 bits per heavy atom. The third-order valence-corrected chi connectivity index (χ3v) is 2.87. The van der Waals surface area contributed by atoms with Crippen LogP contribution in [-0.2, 0) is 4.79 Å². The van der Waals surface area contributed by atoms with Gasteiger partial charge in [-0.3, -0.25) is 4.79 Å². The number of hydrogen-bond donors (Lipinski definition) is 3. The number of rotatable bonds is 6. The first kappa shape index (κ1) is 14.7. The molecule has 0 unspecified atom stereocenters. The standard InChI is InChI=1S/C14H16N4O3/c1-2-5-15-12(19)7-16-13-10-4-3-9(14(20)21)6-11(10)17-8-18-13/h3-4,6,8H,2,5,7H2,1H3,(H,15,19)(H,20,21)(H,16,17,18). The lowest BCUT2D eigenvalue weighted by atomic mass is 10.1. The quantitative estimate of drug-likeness (QED) is 0.739. The number of amides is 1. The van der Waals surface area contributed by atoms with E-state index in [2.05, 4.69) is 20.6 Å². The van der Waals surface area contributed by atoms with Gasteiger partial charge in [0.2, 0.25) is 5.91 Å². The Hall–Kier alpha value is -2.70. The van der Waals surface area contributed by atoms with E-state index in [-0.39, 0.29) is 18.0 Å². The van der Waals surface area contributed by atoms with Gasteiger partial charge in [0.15, 0.2) is 0 Å². The summed E-state index contributed by atoms with van der Waals surface area (Å²) in [6.07, 6.45) is 2.21. The molecule has 2 rings (SSSR count). The van der Waals surface area contributed by atoms with Gasteiger partial charge in [0.25, 0.3) is 0 Å². The highest BCUT2D eigenvalue weighted by atomic mass is 16.4. The van der Waals surface area contributed by atoms with Crippen LogP contribution >= 0.6 is 0 Å². The summed E-state index contributed by atoms with van der Waals surface area (Å²) in [5, 5.41) is 15.3. The zero-order chi connectivity index (χ0) is 15.2. The highest BCUT2D eigenvalue weighted by molar-refractivity contribution is 5.96. The molecule has 1 amide bonds. The first-order valence-corrected chi connectivity index (χ1v) is 6.60. The minimum Gasteiger partial charge on any atom is -0.478 e. The number of nitrogens with zero attached hydrogens (tertiary/aromatic N) is 2. The van der Waals surface area contributed by atoms with E-state index in [0.29, 0.717) is 23.3 Å². The Kier molecular flexibility index (Phi) is 4.65. The van der Waals surface area contributed by atoms with Crippen LogP contribution in [-0.4, -0.2) is 40.0 Å². The van der Waals surface area contributed by atoms with Gasteiger partial charge in [-0.25, -0.2) is 14.8 Å². The number of nitrogens with one attached hydrogen (secondary N) is 2. The maximum atomic E-state index is 11.6. The number of fused-ring (bicyclic) bond motifs is 1. The number of carbonyl (C=O) groups excluding carboxylic acids is 1. The van der Waals surface area contributed by atoms with E-state index in [9.17, 15) is 9.59 Å². The van der Waals surface area contributed by atoms with Gasteiger partial charge < -0.3 is 15.7 Å². The van der Waals surface area contributed by atoms with Crippen molar-refractivity contribution in [3.8, 4) is 0 Å². The van der Waals surface area contributed by atoms with Crippen molar-refractivity contribution in [1.29, 1.82) is 0 Å². The van der Waals surface area contributed by atoms with Gasteiger partial charge in [0.05, 0.1) is 17.6 Å². The van der Waals surface area contributed by atoms with Crippen LogP contribution in [0.3, 0.4) is 0 Å². The molecule has 7 nitrogen and oxygen atoms in total. The molecule has 0 atom stereocenters. The second kappa shape index (κ2) is 6.65. The van der Waals surface area contributed by atoms with Crippen molar-refractivity contribution in [3.05, 3.63) is 30.1 Å². The summed E-state index contributed by atoms with van der Waals surface area (Å²) in [6, 6.07) is 4.59. The molecule has 0 saturated carbocycles. The van der Waals surface area contributed by atoms with Crippen molar-refractivity contribution in [2.75, 3.05) is 18.4 Å². The topological polar surface area (TPSA) is 104 Å². The summed E-state index contributed by atoms with van der Waals surface area (Å²) < 4.78 is 0. The van der Waals surface area contributed by atoms with Gasteiger partial charge in [-0.05, 0) is 24.6 Å². The summed E-state index contributed by atoms with van der Waals surface area (Å²) in [5.41, 5.74) is 0.675. The summed E-state index contributed by atoms with van der Waals surface area (Å²) in [7, 11) is 0. The summed E-state index contributed by atoms with van der Waals surface area (Å²) in [4.78, 5) is 30.6. The molecule has 1 heterocycles. The van der Waals surface area contributed by atoms with Gasteiger partial charge in [-0.15, -0.1) is 0 Å². The average molecular weight is 288 g/mol. The van der Waals surface area contributed by atoms with Gasteiger partial charge in [-0.1, -0.05) is 6.92 Å². The number of benzene rings is 1. The molecule has 0 aliphatic carbocycles. The van der Waals surface area contributed by atoms with Crippen LogP contribution < -0.4 is 10.6 Å². The molecule has 0 aliphatic heterocycles. The van der Waals surface area contributed by atoms with E-state index in [1.165, 1.54) is 18.5 Å². The molecule has 0 radical (unpaired) electrons. The Balaban J connectivity index is 2.17. The number of aromatic nitrogens is 2. The van der Waals surface area contributed by atoms with Crippen molar-refractivity contribution >= 4 is 28.6 Å². The zero-order valence-corrected chi connectivity index (χ0v) is 11.6. The molecule has 1 aromatic carbocycles. The fourth-order valence-electron chi connectivity index (χ4n) is 1.82. The monoisotopic (exact) mass is 288 g/mol. The Bertz CT molecular complexity index is 672. The van der Waals surface area contributed by atoms with Crippen LogP contribution in [0.15, 0.2) is 24.5 Å². The Labute approximate surface area is 121 Å². The predicted octanol–water partition coefficient (Wildman–Crippen LogP) is 1.27. The number of carboxylic acids is 1. The second-order valence-corrected chi connectivity index (χ2v) is 4.46. The third kappa shape index (κ3) is 3.65. The van der Waals surface area contributed by atoms with Crippen LogP contribution in [0.2, 0.25) is 0 Å². The van der Waals surface area contributed by atoms with Crippen molar-refractivity contribution in [1.82, 2.24) is 15.3 Å².